The smallest absolute Gasteiger partial charge is 0.226 e. The summed E-state index contributed by atoms with van der Waals surface area (Å²) in [5.41, 5.74) is 2.93. The second-order valence-electron chi connectivity index (χ2n) is 9.07. The summed E-state index contributed by atoms with van der Waals surface area (Å²) < 4.78 is 0. The lowest BCUT2D eigenvalue weighted by Crippen LogP contribution is -2.40. The first-order valence-electron chi connectivity index (χ1n) is 11.7. The second kappa shape index (κ2) is 10.5. The van der Waals surface area contributed by atoms with Crippen molar-refractivity contribution < 1.29 is 14.4 Å². The standard InChI is InChI=1S/C26H32N4O3/c1-19(14-24(31)28-22-10-7-11-23(16-22)29-12-5-6-13-29)27-26(33)21-15-25(32)30(18-21)17-20-8-3-2-4-9-20/h2-4,7-11,16,19,21H,5-6,12-15,17-18H2,1H3,(H,27,33)(H,28,31). The number of carbonyl (C=O) groups excluding carboxylic acids is 3. The van der Waals surface area contributed by atoms with E-state index in [1.165, 1.54) is 12.8 Å². The summed E-state index contributed by atoms with van der Waals surface area (Å²) in [6.07, 6.45) is 2.78. The zero-order valence-electron chi connectivity index (χ0n) is 19.1. The lowest BCUT2D eigenvalue weighted by atomic mass is 10.1. The maximum atomic E-state index is 12.7. The quantitative estimate of drug-likeness (QED) is 0.650. The molecule has 2 heterocycles. The van der Waals surface area contributed by atoms with Crippen LogP contribution in [0.25, 0.3) is 0 Å². The number of nitrogens with zero attached hydrogens (tertiary/aromatic N) is 2. The van der Waals surface area contributed by atoms with Crippen LogP contribution in [0.4, 0.5) is 11.4 Å². The Balaban J connectivity index is 1.24. The van der Waals surface area contributed by atoms with E-state index in [1.54, 1.807) is 4.90 Å². The third-order valence-corrected chi connectivity index (χ3v) is 6.28. The molecule has 2 aliphatic rings. The minimum atomic E-state index is -0.385. The van der Waals surface area contributed by atoms with Crippen LogP contribution in [0.15, 0.2) is 54.6 Å². The minimum Gasteiger partial charge on any atom is -0.371 e. The van der Waals surface area contributed by atoms with Gasteiger partial charge in [-0.3, -0.25) is 14.4 Å². The number of nitrogens with one attached hydrogen (secondary N) is 2. The Hall–Kier alpha value is -3.35. The molecule has 2 fully saturated rings. The van der Waals surface area contributed by atoms with E-state index in [1.807, 2.05) is 55.5 Å². The Morgan fingerprint density at radius 2 is 1.82 bits per heavy atom. The lowest BCUT2D eigenvalue weighted by Gasteiger charge is -2.19. The van der Waals surface area contributed by atoms with Crippen molar-refractivity contribution in [2.45, 2.75) is 45.2 Å². The van der Waals surface area contributed by atoms with Gasteiger partial charge in [0.2, 0.25) is 17.7 Å². The molecule has 0 spiro atoms. The molecule has 33 heavy (non-hydrogen) atoms. The molecule has 2 saturated heterocycles. The molecule has 0 bridgehead atoms. The van der Waals surface area contributed by atoms with Crippen molar-refractivity contribution in [1.82, 2.24) is 10.2 Å². The Kier molecular flexibility index (Phi) is 7.27. The molecule has 7 nitrogen and oxygen atoms in total. The Bertz CT molecular complexity index is 988. The highest BCUT2D eigenvalue weighted by atomic mass is 16.2. The first-order valence-corrected chi connectivity index (χ1v) is 11.7. The number of carbonyl (C=O) groups is 3. The summed E-state index contributed by atoms with van der Waals surface area (Å²) in [7, 11) is 0. The van der Waals surface area contributed by atoms with Gasteiger partial charge in [-0.2, -0.15) is 0 Å². The maximum Gasteiger partial charge on any atom is 0.226 e. The van der Waals surface area contributed by atoms with Gasteiger partial charge in [-0.15, -0.1) is 0 Å². The number of hydrogen-bond donors (Lipinski definition) is 2. The van der Waals surface area contributed by atoms with Crippen molar-refractivity contribution in [2.24, 2.45) is 5.92 Å². The van der Waals surface area contributed by atoms with Gasteiger partial charge in [0.05, 0.1) is 5.92 Å². The van der Waals surface area contributed by atoms with E-state index in [2.05, 4.69) is 21.6 Å². The van der Waals surface area contributed by atoms with E-state index < -0.39 is 0 Å². The van der Waals surface area contributed by atoms with E-state index in [-0.39, 0.29) is 42.5 Å². The van der Waals surface area contributed by atoms with E-state index in [0.29, 0.717) is 13.1 Å². The average molecular weight is 449 g/mol. The molecule has 2 aliphatic heterocycles. The Labute approximate surface area is 195 Å². The van der Waals surface area contributed by atoms with Crippen molar-refractivity contribution >= 4 is 29.1 Å². The third kappa shape index (κ3) is 6.12. The van der Waals surface area contributed by atoms with Crippen LogP contribution in [0.2, 0.25) is 0 Å². The Morgan fingerprint density at radius 3 is 2.58 bits per heavy atom. The van der Waals surface area contributed by atoms with Crippen LogP contribution in [0, 0.1) is 5.92 Å². The van der Waals surface area contributed by atoms with Gasteiger partial charge in [0, 0.05) is 56.4 Å². The molecule has 2 atom stereocenters. The normalized spacial score (nSPS) is 18.9. The monoisotopic (exact) mass is 448 g/mol. The molecule has 0 saturated carbocycles. The molecule has 2 N–H and O–H groups in total. The first kappa shape index (κ1) is 22.8. The lowest BCUT2D eigenvalue weighted by molar-refractivity contribution is -0.129. The topological polar surface area (TPSA) is 81.8 Å². The highest BCUT2D eigenvalue weighted by molar-refractivity contribution is 5.93. The predicted molar refractivity (Wildman–Crippen MR) is 129 cm³/mol. The molecular formula is C26H32N4O3. The van der Waals surface area contributed by atoms with Gasteiger partial charge in [0.15, 0.2) is 0 Å². The van der Waals surface area contributed by atoms with Gasteiger partial charge >= 0.3 is 0 Å². The highest BCUT2D eigenvalue weighted by Crippen LogP contribution is 2.24. The Morgan fingerprint density at radius 1 is 1.06 bits per heavy atom. The molecule has 4 rings (SSSR count). The zero-order valence-corrected chi connectivity index (χ0v) is 19.1. The van der Waals surface area contributed by atoms with Crippen molar-refractivity contribution in [3.05, 3.63) is 60.2 Å². The van der Waals surface area contributed by atoms with E-state index in [4.69, 9.17) is 0 Å². The SMILES string of the molecule is CC(CC(=O)Nc1cccc(N2CCCC2)c1)NC(=O)C1CC(=O)N(Cc2ccccc2)C1. The number of anilines is 2. The van der Waals surface area contributed by atoms with E-state index >= 15 is 0 Å². The molecule has 2 aromatic rings. The van der Waals surface area contributed by atoms with Gasteiger partial charge in [-0.25, -0.2) is 0 Å². The fourth-order valence-corrected chi connectivity index (χ4v) is 4.56. The highest BCUT2D eigenvalue weighted by Gasteiger charge is 2.34. The van der Waals surface area contributed by atoms with Gasteiger partial charge in [0.1, 0.15) is 0 Å². The van der Waals surface area contributed by atoms with Crippen LogP contribution in [0.3, 0.4) is 0 Å². The molecule has 174 valence electrons. The third-order valence-electron chi connectivity index (χ3n) is 6.28. The van der Waals surface area contributed by atoms with Crippen molar-refractivity contribution in [2.75, 3.05) is 29.9 Å². The first-order chi connectivity index (χ1) is 16.0. The number of hydrogen-bond acceptors (Lipinski definition) is 4. The fourth-order valence-electron chi connectivity index (χ4n) is 4.56. The second-order valence-corrected chi connectivity index (χ2v) is 9.07. The van der Waals surface area contributed by atoms with Crippen LogP contribution < -0.4 is 15.5 Å². The van der Waals surface area contributed by atoms with Crippen LogP contribution in [-0.2, 0) is 20.9 Å². The van der Waals surface area contributed by atoms with Crippen molar-refractivity contribution in [1.29, 1.82) is 0 Å². The summed E-state index contributed by atoms with van der Waals surface area (Å²) in [5, 5.41) is 5.85. The van der Waals surface area contributed by atoms with Gasteiger partial charge < -0.3 is 20.4 Å². The van der Waals surface area contributed by atoms with Crippen molar-refractivity contribution in [3.63, 3.8) is 0 Å². The number of rotatable bonds is 8. The maximum absolute atomic E-state index is 12.7. The van der Waals surface area contributed by atoms with Crippen LogP contribution >= 0.6 is 0 Å². The van der Waals surface area contributed by atoms with Crippen LogP contribution in [0.5, 0.6) is 0 Å². The number of amides is 3. The molecule has 0 radical (unpaired) electrons. The van der Waals surface area contributed by atoms with Crippen molar-refractivity contribution in [3.8, 4) is 0 Å². The molecule has 2 aromatic carbocycles. The molecule has 2 unspecified atom stereocenters. The molecule has 0 aliphatic carbocycles. The predicted octanol–water partition coefficient (Wildman–Crippen LogP) is 3.17. The summed E-state index contributed by atoms with van der Waals surface area (Å²) in [5.74, 6) is -0.712. The number of benzene rings is 2. The van der Waals surface area contributed by atoms with Gasteiger partial charge in [-0.1, -0.05) is 36.4 Å². The molecule has 0 aromatic heterocycles. The minimum absolute atomic E-state index is 0.0118. The zero-order chi connectivity index (χ0) is 23.2. The van der Waals surface area contributed by atoms with E-state index in [0.717, 1.165) is 30.0 Å². The molecular weight excluding hydrogens is 416 g/mol. The van der Waals surface area contributed by atoms with Crippen LogP contribution in [-0.4, -0.2) is 48.3 Å². The fraction of sp³-hybridized carbons (Fsp3) is 0.423. The largest absolute Gasteiger partial charge is 0.371 e. The summed E-state index contributed by atoms with van der Waals surface area (Å²) in [6.45, 7) is 4.83. The van der Waals surface area contributed by atoms with Gasteiger partial charge in [-0.05, 0) is 43.5 Å². The van der Waals surface area contributed by atoms with E-state index in [9.17, 15) is 14.4 Å². The average Bonchev–Trinajstić information content (AvgIpc) is 3.45. The summed E-state index contributed by atoms with van der Waals surface area (Å²) in [6, 6.07) is 17.3. The number of likely N-dealkylation sites (tertiary alicyclic amines) is 1. The molecule has 7 heteroatoms. The summed E-state index contributed by atoms with van der Waals surface area (Å²) in [4.78, 5) is 41.6. The van der Waals surface area contributed by atoms with Gasteiger partial charge in [0.25, 0.3) is 0 Å². The summed E-state index contributed by atoms with van der Waals surface area (Å²) >= 11 is 0. The van der Waals surface area contributed by atoms with Crippen LogP contribution in [0.1, 0.15) is 38.2 Å². The molecule has 3 amide bonds.